The zero-order chi connectivity index (χ0) is 21.5. The Bertz CT molecular complexity index is 920. The van der Waals surface area contributed by atoms with E-state index in [2.05, 4.69) is 15.2 Å². The maximum absolute atomic E-state index is 14.3. The van der Waals surface area contributed by atoms with Crippen LogP contribution in [0.4, 0.5) is 15.8 Å². The summed E-state index contributed by atoms with van der Waals surface area (Å²) in [5.74, 6) is -0.421. The fraction of sp³-hybridized carbons (Fsp3) is 0.409. The van der Waals surface area contributed by atoms with Crippen molar-refractivity contribution in [2.45, 2.75) is 26.7 Å². The van der Waals surface area contributed by atoms with Crippen molar-refractivity contribution in [2.75, 3.05) is 31.6 Å². The molecule has 0 unspecified atom stereocenters. The fourth-order valence-corrected chi connectivity index (χ4v) is 4.17. The van der Waals surface area contributed by atoms with Gasteiger partial charge in [-0.1, -0.05) is 13.8 Å². The first-order chi connectivity index (χ1) is 14.5. The van der Waals surface area contributed by atoms with Crippen molar-refractivity contribution in [3.63, 3.8) is 0 Å². The number of anilines is 1. The average Bonchev–Trinajstić information content (AvgIpc) is 3.38. The molecule has 1 aromatic carbocycles. The van der Waals surface area contributed by atoms with Gasteiger partial charge in [-0.3, -0.25) is 14.5 Å². The third-order valence-electron chi connectivity index (χ3n) is 4.84. The molecule has 1 fully saturated rings. The van der Waals surface area contributed by atoms with Crippen molar-refractivity contribution in [2.24, 2.45) is 10.9 Å². The number of Topliss-reactive ketones (excluding diaryl/α,β-unsaturated/α-hetero) is 1. The van der Waals surface area contributed by atoms with Crippen molar-refractivity contribution >= 4 is 41.1 Å². The molecule has 0 spiro atoms. The van der Waals surface area contributed by atoms with Crippen LogP contribution in [0.3, 0.4) is 0 Å². The molecule has 0 amide bonds. The minimum Gasteiger partial charge on any atom is -0.489 e. The highest BCUT2D eigenvalue weighted by molar-refractivity contribution is 7.16. The number of hydrogen-bond donors (Lipinski definition) is 1. The van der Waals surface area contributed by atoms with Gasteiger partial charge in [0.15, 0.2) is 23.6 Å². The van der Waals surface area contributed by atoms with Crippen molar-refractivity contribution in [3.8, 4) is 5.75 Å². The highest BCUT2D eigenvalue weighted by Crippen LogP contribution is 2.30. The predicted octanol–water partition coefficient (Wildman–Crippen LogP) is 4.78. The molecule has 0 radical (unpaired) electrons. The molecule has 1 aliphatic rings. The fourth-order valence-electron chi connectivity index (χ4n) is 3.16. The molecule has 3 rings (SSSR count). The molecule has 1 aliphatic heterocycles. The molecule has 0 aliphatic carbocycles. The molecule has 6 nitrogen and oxygen atoms in total. The largest absolute Gasteiger partial charge is 0.489 e. The van der Waals surface area contributed by atoms with Crippen molar-refractivity contribution in [1.82, 2.24) is 4.90 Å². The minimum absolute atomic E-state index is 0.0279. The summed E-state index contributed by atoms with van der Waals surface area (Å²) in [5.41, 5.74) is 0.915. The Hall–Kier alpha value is -2.58. The SMILES string of the molecule is CC(C)C(=O)c1cc(/N=C\Nc2ccc(OCCN3CCCC3)c(F)c2)c(C=O)s1. The molecule has 0 atom stereocenters. The van der Waals surface area contributed by atoms with Crippen LogP contribution < -0.4 is 10.1 Å². The van der Waals surface area contributed by atoms with E-state index in [1.807, 2.05) is 13.8 Å². The summed E-state index contributed by atoms with van der Waals surface area (Å²) < 4.78 is 19.8. The molecule has 2 aromatic rings. The maximum Gasteiger partial charge on any atom is 0.175 e. The summed E-state index contributed by atoms with van der Waals surface area (Å²) in [6, 6.07) is 6.21. The molecular weight excluding hydrogens is 405 g/mol. The van der Waals surface area contributed by atoms with Crippen LogP contribution in [0.25, 0.3) is 0 Å². The van der Waals surface area contributed by atoms with Crippen molar-refractivity contribution in [3.05, 3.63) is 39.8 Å². The molecule has 1 N–H and O–H groups in total. The van der Waals surface area contributed by atoms with E-state index in [-0.39, 0.29) is 17.5 Å². The van der Waals surface area contributed by atoms with Gasteiger partial charge in [0, 0.05) is 24.2 Å². The van der Waals surface area contributed by atoms with Crippen LogP contribution in [0.15, 0.2) is 29.3 Å². The molecular formula is C22H26FN3O3S. The summed E-state index contributed by atoms with van der Waals surface area (Å²) in [6.07, 6.45) is 4.49. The molecule has 30 heavy (non-hydrogen) atoms. The normalized spacial score (nSPS) is 14.5. The predicted molar refractivity (Wildman–Crippen MR) is 118 cm³/mol. The zero-order valence-electron chi connectivity index (χ0n) is 17.2. The summed E-state index contributed by atoms with van der Waals surface area (Å²) >= 11 is 1.12. The lowest BCUT2D eigenvalue weighted by Crippen LogP contribution is -2.25. The van der Waals surface area contributed by atoms with Gasteiger partial charge in [0.1, 0.15) is 6.61 Å². The third kappa shape index (κ3) is 5.73. The molecule has 8 heteroatoms. The molecule has 160 valence electrons. The number of ketones is 1. The van der Waals surface area contributed by atoms with Crippen molar-refractivity contribution in [1.29, 1.82) is 0 Å². The number of carbonyl (C=O) groups excluding carboxylic acids is 2. The number of nitrogens with zero attached hydrogens (tertiary/aromatic N) is 2. The number of likely N-dealkylation sites (tertiary alicyclic amines) is 1. The van der Waals surface area contributed by atoms with Crippen LogP contribution >= 0.6 is 11.3 Å². The minimum atomic E-state index is -0.455. The second kappa shape index (κ2) is 10.4. The van der Waals surface area contributed by atoms with E-state index in [1.54, 1.807) is 18.2 Å². The van der Waals surface area contributed by atoms with Crippen molar-refractivity contribution < 1.29 is 18.7 Å². The number of ether oxygens (including phenoxy) is 1. The van der Waals surface area contributed by atoms with Gasteiger partial charge in [-0.2, -0.15) is 0 Å². The lowest BCUT2D eigenvalue weighted by atomic mass is 10.1. The standard InChI is InChI=1S/C22H26FN3O3S/c1-15(2)22(28)20-12-18(21(13-27)30-20)25-14-24-16-5-6-19(17(23)11-16)29-10-9-26-7-3-4-8-26/h5-6,11-15H,3-4,7-10H2,1-2H3,(H,24,25). The number of hydrogen-bond acceptors (Lipinski definition) is 6. The van der Waals surface area contributed by atoms with Crippen LogP contribution in [0.2, 0.25) is 0 Å². The molecule has 0 saturated carbocycles. The number of halogens is 1. The average molecular weight is 432 g/mol. The van der Waals surface area contributed by atoms with E-state index in [9.17, 15) is 14.0 Å². The number of thiophene rings is 1. The summed E-state index contributed by atoms with van der Waals surface area (Å²) in [4.78, 5) is 30.8. The topological polar surface area (TPSA) is 71.0 Å². The summed E-state index contributed by atoms with van der Waals surface area (Å²) in [7, 11) is 0. The van der Waals surface area contributed by atoms with Crippen LogP contribution in [-0.4, -0.2) is 49.5 Å². The number of nitrogens with one attached hydrogen (secondary N) is 1. The Balaban J connectivity index is 1.57. The second-order valence-corrected chi connectivity index (χ2v) is 8.53. The van der Waals surface area contributed by atoms with Crippen LogP contribution in [0.1, 0.15) is 46.0 Å². The van der Waals surface area contributed by atoms with E-state index in [1.165, 1.54) is 25.2 Å². The first-order valence-electron chi connectivity index (χ1n) is 10.0. The van der Waals surface area contributed by atoms with Gasteiger partial charge in [0.05, 0.1) is 21.8 Å². The van der Waals surface area contributed by atoms with Gasteiger partial charge in [0.2, 0.25) is 0 Å². The van der Waals surface area contributed by atoms with E-state index < -0.39 is 5.82 Å². The molecule has 1 aromatic heterocycles. The van der Waals surface area contributed by atoms with E-state index in [0.717, 1.165) is 31.0 Å². The molecule has 1 saturated heterocycles. The van der Waals surface area contributed by atoms with Gasteiger partial charge in [0.25, 0.3) is 0 Å². The van der Waals surface area contributed by atoms with E-state index in [4.69, 9.17) is 4.74 Å². The molecule has 2 heterocycles. The first-order valence-corrected chi connectivity index (χ1v) is 10.9. The Kier molecular flexibility index (Phi) is 7.70. The van der Waals surface area contributed by atoms with Gasteiger partial charge < -0.3 is 10.1 Å². The van der Waals surface area contributed by atoms with Gasteiger partial charge in [-0.25, -0.2) is 9.38 Å². The Labute approximate surface area is 179 Å². The van der Waals surface area contributed by atoms with Gasteiger partial charge in [-0.15, -0.1) is 11.3 Å². The van der Waals surface area contributed by atoms with Crippen LogP contribution in [0, 0.1) is 11.7 Å². The summed E-state index contributed by atoms with van der Waals surface area (Å²) in [5, 5.41) is 2.88. The lowest BCUT2D eigenvalue weighted by Gasteiger charge is -2.15. The first kappa shape index (κ1) is 22.1. The second-order valence-electron chi connectivity index (χ2n) is 7.44. The zero-order valence-corrected chi connectivity index (χ0v) is 18.0. The number of aldehydes is 1. The van der Waals surface area contributed by atoms with E-state index >= 15 is 0 Å². The van der Waals surface area contributed by atoms with Crippen LogP contribution in [0.5, 0.6) is 5.75 Å². The van der Waals surface area contributed by atoms with Crippen LogP contribution in [-0.2, 0) is 0 Å². The monoisotopic (exact) mass is 431 g/mol. The van der Waals surface area contributed by atoms with Gasteiger partial charge in [-0.05, 0) is 44.1 Å². The number of rotatable bonds is 10. The highest BCUT2D eigenvalue weighted by atomic mass is 32.1. The number of carbonyl (C=O) groups is 2. The Morgan fingerprint density at radius 1 is 1.33 bits per heavy atom. The third-order valence-corrected chi connectivity index (χ3v) is 5.91. The number of benzene rings is 1. The quantitative estimate of drug-likeness (QED) is 0.254. The van der Waals surface area contributed by atoms with E-state index in [0.29, 0.717) is 34.0 Å². The van der Waals surface area contributed by atoms with Gasteiger partial charge >= 0.3 is 0 Å². The smallest absolute Gasteiger partial charge is 0.175 e. The Morgan fingerprint density at radius 2 is 2.10 bits per heavy atom. The lowest BCUT2D eigenvalue weighted by molar-refractivity contribution is 0.0943. The molecule has 0 bridgehead atoms. The summed E-state index contributed by atoms with van der Waals surface area (Å²) in [6.45, 7) is 7.03. The highest BCUT2D eigenvalue weighted by Gasteiger charge is 2.16. The Morgan fingerprint density at radius 3 is 2.77 bits per heavy atom. The number of aliphatic imine (C=N–C) groups is 1. The maximum atomic E-state index is 14.3.